The van der Waals surface area contributed by atoms with Crippen LogP contribution in [-0.2, 0) is 0 Å². The molecule has 0 saturated heterocycles. The maximum Gasteiger partial charge on any atom is 0.200 e. The second kappa shape index (κ2) is 6.01. The molecule has 4 aromatic rings. The summed E-state index contributed by atoms with van der Waals surface area (Å²) in [7, 11) is 0. The summed E-state index contributed by atoms with van der Waals surface area (Å²) in [5.74, 6) is 0.841. The molecule has 0 amide bonds. The Morgan fingerprint density at radius 2 is 1.84 bits per heavy atom. The lowest BCUT2D eigenvalue weighted by Crippen LogP contribution is -2.01. The van der Waals surface area contributed by atoms with Crippen LogP contribution in [0.2, 0.25) is 0 Å². The van der Waals surface area contributed by atoms with Gasteiger partial charge in [0.1, 0.15) is 0 Å². The number of nitrogens with one attached hydrogen (secondary N) is 1. The highest BCUT2D eigenvalue weighted by atomic mass is 32.1. The minimum absolute atomic E-state index is 0.404. The molecule has 4 rings (SSSR count). The van der Waals surface area contributed by atoms with Crippen molar-refractivity contribution >= 4 is 23.1 Å². The molecule has 2 aromatic carbocycles. The summed E-state index contributed by atoms with van der Waals surface area (Å²) in [5, 5.41) is 8.65. The zero-order valence-corrected chi connectivity index (χ0v) is 15.3. The first-order valence-electron chi connectivity index (χ1n) is 8.41. The van der Waals surface area contributed by atoms with Crippen molar-refractivity contribution in [3.8, 4) is 17.1 Å². The van der Waals surface area contributed by atoms with Crippen LogP contribution < -0.4 is 0 Å². The highest BCUT2D eigenvalue weighted by molar-refractivity contribution is 7.71. The largest absolute Gasteiger partial charge is 0.345 e. The SMILES string of the molecule is Cc1ccccc1-c1n[nH]c(=S)n1-c1cccc2c1ccn2C(C)C. The van der Waals surface area contributed by atoms with Crippen LogP contribution in [0.25, 0.3) is 28.0 Å². The number of aromatic amines is 1. The van der Waals surface area contributed by atoms with Crippen molar-refractivity contribution in [1.29, 1.82) is 0 Å². The number of H-pyrrole nitrogens is 1. The van der Waals surface area contributed by atoms with E-state index in [4.69, 9.17) is 12.2 Å². The van der Waals surface area contributed by atoms with Gasteiger partial charge in [0.05, 0.1) is 11.2 Å². The van der Waals surface area contributed by atoms with E-state index in [1.165, 1.54) is 16.5 Å². The van der Waals surface area contributed by atoms with Gasteiger partial charge in [0.25, 0.3) is 0 Å². The fourth-order valence-corrected chi connectivity index (χ4v) is 3.57. The number of hydrogen-bond acceptors (Lipinski definition) is 2. The van der Waals surface area contributed by atoms with Crippen molar-refractivity contribution in [3.63, 3.8) is 0 Å². The third-order valence-corrected chi connectivity index (χ3v) is 4.87. The Kier molecular flexibility index (Phi) is 3.81. The topological polar surface area (TPSA) is 38.5 Å². The van der Waals surface area contributed by atoms with Gasteiger partial charge in [0.2, 0.25) is 0 Å². The molecule has 0 atom stereocenters. The van der Waals surface area contributed by atoms with Crippen LogP contribution in [0.3, 0.4) is 0 Å². The van der Waals surface area contributed by atoms with Crippen LogP contribution in [0.4, 0.5) is 0 Å². The highest BCUT2D eigenvalue weighted by Crippen LogP contribution is 2.30. The molecule has 0 bridgehead atoms. The number of hydrogen-bond donors (Lipinski definition) is 1. The lowest BCUT2D eigenvalue weighted by Gasteiger charge is -2.12. The molecule has 1 N–H and O–H groups in total. The van der Waals surface area contributed by atoms with Gasteiger partial charge in [0, 0.05) is 23.2 Å². The fraction of sp³-hybridized carbons (Fsp3) is 0.200. The van der Waals surface area contributed by atoms with E-state index in [0.29, 0.717) is 10.8 Å². The summed E-state index contributed by atoms with van der Waals surface area (Å²) >= 11 is 5.56. The summed E-state index contributed by atoms with van der Waals surface area (Å²) in [6.45, 7) is 6.47. The van der Waals surface area contributed by atoms with Gasteiger partial charge in [-0.15, -0.1) is 0 Å². The Bertz CT molecular complexity index is 1110. The molecule has 0 aliphatic carbocycles. The van der Waals surface area contributed by atoms with Gasteiger partial charge in [-0.3, -0.25) is 9.67 Å². The van der Waals surface area contributed by atoms with Crippen molar-refractivity contribution in [3.05, 3.63) is 65.1 Å². The molecule has 25 heavy (non-hydrogen) atoms. The minimum atomic E-state index is 0.404. The van der Waals surface area contributed by atoms with Gasteiger partial charge in [-0.05, 0) is 56.8 Å². The molecule has 126 valence electrons. The lowest BCUT2D eigenvalue weighted by atomic mass is 10.1. The average molecular weight is 348 g/mol. The van der Waals surface area contributed by atoms with Crippen molar-refractivity contribution in [1.82, 2.24) is 19.3 Å². The summed E-state index contributed by atoms with van der Waals surface area (Å²) in [6.07, 6.45) is 2.13. The summed E-state index contributed by atoms with van der Waals surface area (Å²) < 4.78 is 4.91. The monoisotopic (exact) mass is 348 g/mol. The van der Waals surface area contributed by atoms with E-state index >= 15 is 0 Å². The molecule has 0 aliphatic heterocycles. The molecule has 2 aromatic heterocycles. The van der Waals surface area contributed by atoms with Crippen molar-refractivity contribution in [2.45, 2.75) is 26.8 Å². The molecular formula is C20H20N4S. The van der Waals surface area contributed by atoms with Crippen LogP contribution in [0.5, 0.6) is 0 Å². The molecular weight excluding hydrogens is 328 g/mol. The molecule has 0 fully saturated rings. The maximum atomic E-state index is 5.56. The first kappa shape index (κ1) is 15.8. The number of rotatable bonds is 3. The number of fused-ring (bicyclic) bond motifs is 1. The average Bonchev–Trinajstić information content (AvgIpc) is 3.19. The number of aromatic nitrogens is 4. The highest BCUT2D eigenvalue weighted by Gasteiger charge is 2.16. The summed E-state index contributed by atoms with van der Waals surface area (Å²) in [6, 6.07) is 17.1. The van der Waals surface area contributed by atoms with Crippen LogP contribution in [0, 0.1) is 11.7 Å². The minimum Gasteiger partial charge on any atom is -0.345 e. The first-order valence-corrected chi connectivity index (χ1v) is 8.82. The quantitative estimate of drug-likeness (QED) is 0.501. The van der Waals surface area contributed by atoms with E-state index in [-0.39, 0.29) is 0 Å². The molecule has 2 heterocycles. The zero-order valence-electron chi connectivity index (χ0n) is 14.5. The Balaban J connectivity index is 2.01. The first-order chi connectivity index (χ1) is 12.1. The van der Waals surface area contributed by atoms with Crippen molar-refractivity contribution in [2.75, 3.05) is 0 Å². The van der Waals surface area contributed by atoms with Gasteiger partial charge in [-0.2, -0.15) is 5.10 Å². The van der Waals surface area contributed by atoms with E-state index in [1.807, 2.05) is 16.7 Å². The van der Waals surface area contributed by atoms with Crippen LogP contribution >= 0.6 is 12.2 Å². The third kappa shape index (κ3) is 2.51. The number of benzene rings is 2. The predicted molar refractivity (Wildman–Crippen MR) is 105 cm³/mol. The third-order valence-electron chi connectivity index (χ3n) is 4.60. The summed E-state index contributed by atoms with van der Waals surface area (Å²) in [5.41, 5.74) is 4.50. The van der Waals surface area contributed by atoms with E-state index in [9.17, 15) is 0 Å². The second-order valence-electron chi connectivity index (χ2n) is 6.53. The Morgan fingerprint density at radius 1 is 1.04 bits per heavy atom. The lowest BCUT2D eigenvalue weighted by molar-refractivity contribution is 0.623. The van der Waals surface area contributed by atoms with E-state index in [0.717, 1.165) is 17.1 Å². The summed E-state index contributed by atoms with van der Waals surface area (Å²) in [4.78, 5) is 0. The van der Waals surface area contributed by atoms with Crippen LogP contribution in [0.1, 0.15) is 25.5 Å². The Morgan fingerprint density at radius 3 is 2.60 bits per heavy atom. The van der Waals surface area contributed by atoms with E-state index in [1.54, 1.807) is 0 Å². The van der Waals surface area contributed by atoms with Gasteiger partial charge < -0.3 is 4.57 Å². The van der Waals surface area contributed by atoms with E-state index in [2.05, 4.69) is 78.1 Å². The molecule has 0 unspecified atom stereocenters. The molecule has 5 heteroatoms. The molecule has 4 nitrogen and oxygen atoms in total. The Labute approximate surface area is 151 Å². The molecule has 0 aliphatic rings. The van der Waals surface area contributed by atoms with Gasteiger partial charge in [-0.25, -0.2) is 0 Å². The van der Waals surface area contributed by atoms with Crippen LogP contribution in [-0.4, -0.2) is 19.3 Å². The van der Waals surface area contributed by atoms with Gasteiger partial charge >= 0.3 is 0 Å². The van der Waals surface area contributed by atoms with Crippen LogP contribution in [0.15, 0.2) is 54.7 Å². The molecule has 0 spiro atoms. The second-order valence-corrected chi connectivity index (χ2v) is 6.92. The van der Waals surface area contributed by atoms with Gasteiger partial charge in [-0.1, -0.05) is 30.3 Å². The fourth-order valence-electron chi connectivity index (χ4n) is 3.34. The Hall–Kier alpha value is -2.66. The van der Waals surface area contributed by atoms with Crippen molar-refractivity contribution in [2.24, 2.45) is 0 Å². The number of nitrogens with zero attached hydrogens (tertiary/aromatic N) is 3. The predicted octanol–water partition coefficient (Wildman–Crippen LogP) is 5.44. The smallest absolute Gasteiger partial charge is 0.200 e. The van der Waals surface area contributed by atoms with Gasteiger partial charge in [0.15, 0.2) is 10.6 Å². The number of aryl methyl sites for hydroxylation is 1. The zero-order chi connectivity index (χ0) is 17.6. The standard InChI is InChI=1S/C20H20N4S/c1-13(2)23-12-11-16-17(23)9-6-10-18(16)24-19(21-22-20(24)25)15-8-5-4-7-14(15)3/h4-13H,1-3H3,(H,22,25). The maximum absolute atomic E-state index is 5.56. The normalized spacial score (nSPS) is 11.5. The molecule has 0 radical (unpaired) electrons. The molecule has 0 saturated carbocycles. The van der Waals surface area contributed by atoms with Crippen molar-refractivity contribution < 1.29 is 0 Å². The van der Waals surface area contributed by atoms with E-state index < -0.39 is 0 Å².